The van der Waals surface area contributed by atoms with E-state index in [-0.39, 0.29) is 18.3 Å². The number of hydrogen-bond donors (Lipinski definition) is 1. The van der Waals surface area contributed by atoms with E-state index >= 15 is 0 Å². The molecule has 1 N–H and O–H groups in total. The van der Waals surface area contributed by atoms with Crippen molar-refractivity contribution >= 4 is 36.1 Å². The average molecular weight is 316 g/mol. The lowest BCUT2D eigenvalue weighted by molar-refractivity contribution is -0.122. The molecule has 6 heteroatoms. The summed E-state index contributed by atoms with van der Waals surface area (Å²) in [6.45, 7) is 2.45. The van der Waals surface area contributed by atoms with Crippen LogP contribution in [0.4, 0.5) is 0 Å². The monoisotopic (exact) mass is 315 g/mol. The van der Waals surface area contributed by atoms with Crippen molar-refractivity contribution in [1.82, 2.24) is 10.3 Å². The predicted molar refractivity (Wildman–Crippen MR) is 84.7 cm³/mol. The standard InChI is InChI=1S/C14H18ClN3O.ClH/c15-13-6-4-12(5-7-13)10-16-17-14(19)11-18-8-2-1-3-9-18;/h4-7,10H,1-3,8-9,11H2,(H,17,19);1H/b16-10+;. The molecule has 110 valence electrons. The van der Waals surface area contributed by atoms with Crippen LogP contribution in [0.25, 0.3) is 0 Å². The Balaban J connectivity index is 0.00000200. The fraction of sp³-hybridized carbons (Fsp3) is 0.429. The Morgan fingerprint density at radius 2 is 1.90 bits per heavy atom. The molecule has 0 radical (unpaired) electrons. The topological polar surface area (TPSA) is 44.7 Å². The van der Waals surface area contributed by atoms with E-state index in [1.54, 1.807) is 18.3 Å². The number of nitrogens with one attached hydrogen (secondary N) is 1. The van der Waals surface area contributed by atoms with E-state index in [0.29, 0.717) is 11.6 Å². The molecule has 0 unspecified atom stereocenters. The average Bonchev–Trinajstić information content (AvgIpc) is 2.42. The fourth-order valence-electron chi connectivity index (χ4n) is 2.08. The molecule has 0 bridgehead atoms. The molecule has 1 aromatic carbocycles. The van der Waals surface area contributed by atoms with Crippen LogP contribution in [0.1, 0.15) is 24.8 Å². The molecular weight excluding hydrogens is 297 g/mol. The van der Waals surface area contributed by atoms with Crippen molar-refractivity contribution in [3.8, 4) is 0 Å². The zero-order valence-corrected chi connectivity index (χ0v) is 12.8. The highest BCUT2D eigenvalue weighted by atomic mass is 35.5. The number of carbonyl (C=O) groups excluding carboxylic acids is 1. The lowest BCUT2D eigenvalue weighted by Crippen LogP contribution is -2.38. The zero-order chi connectivity index (χ0) is 13.5. The van der Waals surface area contributed by atoms with Crippen LogP contribution in [0.15, 0.2) is 29.4 Å². The van der Waals surface area contributed by atoms with Crippen LogP contribution in [-0.4, -0.2) is 36.7 Å². The SMILES string of the molecule is Cl.O=C(CN1CCCCC1)N/N=C/c1ccc(Cl)cc1. The third kappa shape index (κ3) is 5.90. The summed E-state index contributed by atoms with van der Waals surface area (Å²) in [5.74, 6) is -0.0629. The van der Waals surface area contributed by atoms with Crippen molar-refractivity contribution in [3.63, 3.8) is 0 Å². The Morgan fingerprint density at radius 1 is 1.25 bits per heavy atom. The molecule has 0 atom stereocenters. The van der Waals surface area contributed by atoms with Gasteiger partial charge in [-0.15, -0.1) is 12.4 Å². The molecule has 1 aliphatic heterocycles. The lowest BCUT2D eigenvalue weighted by Gasteiger charge is -2.25. The summed E-state index contributed by atoms with van der Waals surface area (Å²) in [4.78, 5) is 13.8. The molecule has 0 aromatic heterocycles. The quantitative estimate of drug-likeness (QED) is 0.686. The van der Waals surface area contributed by atoms with E-state index in [1.165, 1.54) is 19.3 Å². The molecule has 1 saturated heterocycles. The summed E-state index contributed by atoms with van der Waals surface area (Å²) in [6, 6.07) is 7.28. The number of benzene rings is 1. The van der Waals surface area contributed by atoms with Crippen molar-refractivity contribution < 1.29 is 4.79 Å². The summed E-state index contributed by atoms with van der Waals surface area (Å²) in [5, 5.41) is 4.63. The number of hydrogen-bond acceptors (Lipinski definition) is 3. The van der Waals surface area contributed by atoms with Crippen LogP contribution in [-0.2, 0) is 4.79 Å². The van der Waals surface area contributed by atoms with Crippen molar-refractivity contribution in [2.24, 2.45) is 5.10 Å². The van der Waals surface area contributed by atoms with Gasteiger partial charge < -0.3 is 0 Å². The minimum atomic E-state index is -0.0629. The molecule has 0 spiro atoms. The molecule has 1 fully saturated rings. The number of amides is 1. The van der Waals surface area contributed by atoms with Gasteiger partial charge in [0, 0.05) is 5.02 Å². The third-order valence-corrected chi connectivity index (χ3v) is 3.34. The maximum absolute atomic E-state index is 11.7. The summed E-state index contributed by atoms with van der Waals surface area (Å²) in [7, 11) is 0. The highest BCUT2D eigenvalue weighted by Crippen LogP contribution is 2.08. The highest BCUT2D eigenvalue weighted by Gasteiger charge is 2.12. The predicted octanol–water partition coefficient (Wildman–Crippen LogP) is 2.70. The largest absolute Gasteiger partial charge is 0.294 e. The summed E-state index contributed by atoms with van der Waals surface area (Å²) in [6.07, 6.45) is 5.25. The van der Waals surface area contributed by atoms with Crippen LogP contribution in [0.5, 0.6) is 0 Å². The van der Waals surface area contributed by atoms with Gasteiger partial charge >= 0.3 is 0 Å². The maximum atomic E-state index is 11.7. The third-order valence-electron chi connectivity index (χ3n) is 3.09. The van der Waals surface area contributed by atoms with Crippen molar-refractivity contribution in [2.45, 2.75) is 19.3 Å². The Kier molecular flexibility index (Phi) is 7.59. The number of likely N-dealkylation sites (tertiary alicyclic amines) is 1. The van der Waals surface area contributed by atoms with Crippen molar-refractivity contribution in [3.05, 3.63) is 34.9 Å². The van der Waals surface area contributed by atoms with Gasteiger partial charge in [0.1, 0.15) is 0 Å². The van der Waals surface area contributed by atoms with Crippen molar-refractivity contribution in [1.29, 1.82) is 0 Å². The van der Waals surface area contributed by atoms with Crippen LogP contribution >= 0.6 is 24.0 Å². The Hall–Kier alpha value is -1.10. The van der Waals surface area contributed by atoms with E-state index < -0.39 is 0 Å². The second kappa shape index (κ2) is 8.95. The molecule has 0 saturated carbocycles. The number of halogens is 2. The number of hydrazone groups is 1. The molecular formula is C14H19Cl2N3O. The molecule has 1 heterocycles. The van der Waals surface area contributed by atoms with E-state index in [0.717, 1.165) is 18.7 Å². The van der Waals surface area contributed by atoms with Gasteiger partial charge in [0.05, 0.1) is 12.8 Å². The van der Waals surface area contributed by atoms with E-state index in [9.17, 15) is 4.79 Å². The first-order chi connectivity index (χ1) is 9.24. The number of carbonyl (C=O) groups is 1. The first-order valence-corrected chi connectivity index (χ1v) is 6.92. The van der Waals surface area contributed by atoms with Gasteiger partial charge in [0.2, 0.25) is 0 Å². The van der Waals surface area contributed by atoms with Gasteiger partial charge in [-0.2, -0.15) is 5.10 Å². The number of rotatable bonds is 4. The summed E-state index contributed by atoms with van der Waals surface area (Å²) >= 11 is 5.78. The fourth-order valence-corrected chi connectivity index (χ4v) is 2.21. The van der Waals surface area contributed by atoms with Crippen LogP contribution in [0.2, 0.25) is 5.02 Å². The lowest BCUT2D eigenvalue weighted by atomic mass is 10.1. The Bertz CT molecular complexity index is 442. The van der Waals surface area contributed by atoms with Gasteiger partial charge in [0.15, 0.2) is 0 Å². The molecule has 2 rings (SSSR count). The minimum Gasteiger partial charge on any atom is -0.294 e. The molecule has 1 aromatic rings. The summed E-state index contributed by atoms with van der Waals surface area (Å²) in [5.41, 5.74) is 3.45. The second-order valence-corrected chi connectivity index (χ2v) is 5.12. The van der Waals surface area contributed by atoms with Gasteiger partial charge in [-0.1, -0.05) is 30.2 Å². The molecule has 4 nitrogen and oxygen atoms in total. The molecule has 20 heavy (non-hydrogen) atoms. The highest BCUT2D eigenvalue weighted by molar-refractivity contribution is 6.30. The maximum Gasteiger partial charge on any atom is 0.254 e. The second-order valence-electron chi connectivity index (χ2n) is 4.68. The van der Waals surface area contributed by atoms with Gasteiger partial charge in [-0.05, 0) is 43.6 Å². The van der Waals surface area contributed by atoms with E-state index in [4.69, 9.17) is 11.6 Å². The zero-order valence-electron chi connectivity index (χ0n) is 11.2. The van der Waals surface area contributed by atoms with Crippen molar-refractivity contribution in [2.75, 3.05) is 19.6 Å². The molecule has 0 aliphatic carbocycles. The van der Waals surface area contributed by atoms with Crippen LogP contribution in [0, 0.1) is 0 Å². The van der Waals surface area contributed by atoms with E-state index in [2.05, 4.69) is 15.4 Å². The van der Waals surface area contributed by atoms with Gasteiger partial charge in [0.25, 0.3) is 5.91 Å². The van der Waals surface area contributed by atoms with Crippen LogP contribution < -0.4 is 5.43 Å². The van der Waals surface area contributed by atoms with Gasteiger partial charge in [-0.3, -0.25) is 9.69 Å². The molecule has 1 amide bonds. The van der Waals surface area contributed by atoms with E-state index in [1.807, 2.05) is 12.1 Å². The minimum absolute atomic E-state index is 0. The normalized spacial score (nSPS) is 15.8. The smallest absolute Gasteiger partial charge is 0.254 e. The van der Waals surface area contributed by atoms with Gasteiger partial charge in [-0.25, -0.2) is 5.43 Å². The Labute approximate surface area is 130 Å². The van der Waals surface area contributed by atoms with Crippen LogP contribution in [0.3, 0.4) is 0 Å². The Morgan fingerprint density at radius 3 is 2.55 bits per heavy atom. The number of piperidine rings is 1. The first kappa shape index (κ1) is 17.0. The molecule has 1 aliphatic rings. The number of nitrogens with zero attached hydrogens (tertiary/aromatic N) is 2. The summed E-state index contributed by atoms with van der Waals surface area (Å²) < 4.78 is 0. The first-order valence-electron chi connectivity index (χ1n) is 6.54.